The van der Waals surface area contributed by atoms with E-state index in [1.807, 2.05) is 18.2 Å². The summed E-state index contributed by atoms with van der Waals surface area (Å²) in [6.07, 6.45) is 11.7. The first-order valence-corrected chi connectivity index (χ1v) is 8.01. The molecule has 2 heterocycles. The van der Waals surface area contributed by atoms with Gasteiger partial charge in [0.05, 0.1) is 31.4 Å². The number of benzene rings is 1. The van der Waals surface area contributed by atoms with E-state index in [2.05, 4.69) is 15.9 Å². The van der Waals surface area contributed by atoms with Crippen LogP contribution in [0.5, 0.6) is 5.75 Å². The minimum absolute atomic E-state index is 0.0581. The minimum Gasteiger partial charge on any atom is -0.491 e. The van der Waals surface area contributed by atoms with Crippen molar-refractivity contribution in [3.63, 3.8) is 0 Å². The maximum absolute atomic E-state index is 12.3. The number of hydrogen-bond donors (Lipinski definition) is 1. The molecule has 0 saturated carbocycles. The van der Waals surface area contributed by atoms with Gasteiger partial charge in [-0.25, -0.2) is 4.98 Å². The summed E-state index contributed by atoms with van der Waals surface area (Å²) >= 11 is 0. The zero-order valence-corrected chi connectivity index (χ0v) is 13.7. The second kappa shape index (κ2) is 8.18. The maximum atomic E-state index is 12.3. The van der Waals surface area contributed by atoms with Crippen molar-refractivity contribution >= 4 is 12.0 Å². The average Bonchev–Trinajstić information content (AvgIpc) is 3.18. The molecule has 0 aliphatic carbocycles. The lowest BCUT2D eigenvalue weighted by molar-refractivity contribution is -0.134. The third-order valence-electron chi connectivity index (χ3n) is 3.81. The topological polar surface area (TPSA) is 67.5 Å². The Hall–Kier alpha value is -3.04. The molecule has 1 aliphatic heterocycles. The number of morpholine rings is 1. The molecule has 1 saturated heterocycles. The first-order chi connectivity index (χ1) is 12.2. The molecule has 1 amide bonds. The van der Waals surface area contributed by atoms with Crippen LogP contribution in [-0.2, 0) is 9.53 Å². The zero-order chi connectivity index (χ0) is 17.5. The summed E-state index contributed by atoms with van der Waals surface area (Å²) in [4.78, 5) is 20.9. The smallest absolute Gasteiger partial charge is 0.246 e. The Kier molecular flexibility index (Phi) is 5.50. The van der Waals surface area contributed by atoms with Crippen molar-refractivity contribution < 1.29 is 14.3 Å². The first-order valence-electron chi connectivity index (χ1n) is 8.01. The van der Waals surface area contributed by atoms with Crippen LogP contribution >= 0.6 is 0 Å². The van der Waals surface area contributed by atoms with Crippen LogP contribution in [0.1, 0.15) is 11.3 Å². The number of hydrogen-bond acceptors (Lipinski definition) is 4. The van der Waals surface area contributed by atoms with E-state index >= 15 is 0 Å². The lowest BCUT2D eigenvalue weighted by Gasteiger charge is -2.32. The lowest BCUT2D eigenvalue weighted by atomic mass is 10.2. The molecule has 0 radical (unpaired) electrons. The van der Waals surface area contributed by atoms with Gasteiger partial charge in [0, 0.05) is 18.2 Å². The van der Waals surface area contributed by atoms with Crippen molar-refractivity contribution in [3.05, 3.63) is 54.1 Å². The summed E-state index contributed by atoms with van der Waals surface area (Å²) < 4.78 is 11.4. The summed E-state index contributed by atoms with van der Waals surface area (Å²) in [5, 5.41) is 0. The molecule has 1 unspecified atom stereocenters. The molecule has 0 spiro atoms. The molecule has 6 heteroatoms. The highest BCUT2D eigenvalue weighted by Crippen LogP contribution is 2.14. The van der Waals surface area contributed by atoms with Crippen molar-refractivity contribution in [1.82, 2.24) is 14.9 Å². The largest absolute Gasteiger partial charge is 0.491 e. The Morgan fingerprint density at radius 1 is 1.56 bits per heavy atom. The van der Waals surface area contributed by atoms with Gasteiger partial charge in [-0.1, -0.05) is 12.0 Å². The molecule has 1 fully saturated rings. The van der Waals surface area contributed by atoms with E-state index in [4.69, 9.17) is 15.9 Å². The fourth-order valence-corrected chi connectivity index (χ4v) is 2.51. The van der Waals surface area contributed by atoms with Gasteiger partial charge < -0.3 is 19.4 Å². The number of nitrogens with zero attached hydrogens (tertiary/aromatic N) is 2. The van der Waals surface area contributed by atoms with Gasteiger partial charge in [0.2, 0.25) is 5.91 Å². The van der Waals surface area contributed by atoms with Crippen LogP contribution in [0.25, 0.3) is 6.08 Å². The average molecular weight is 337 g/mol. The van der Waals surface area contributed by atoms with Gasteiger partial charge in [0.15, 0.2) is 0 Å². The van der Waals surface area contributed by atoms with Crippen molar-refractivity contribution in [2.24, 2.45) is 0 Å². The minimum atomic E-state index is -0.173. The Morgan fingerprint density at radius 3 is 3.28 bits per heavy atom. The van der Waals surface area contributed by atoms with E-state index in [0.29, 0.717) is 32.1 Å². The number of aromatic amines is 1. The fourth-order valence-electron chi connectivity index (χ4n) is 2.51. The van der Waals surface area contributed by atoms with Crippen molar-refractivity contribution in [1.29, 1.82) is 0 Å². The highest BCUT2D eigenvalue weighted by Gasteiger charge is 2.23. The van der Waals surface area contributed by atoms with Gasteiger partial charge in [-0.2, -0.15) is 0 Å². The molecule has 1 aromatic carbocycles. The van der Waals surface area contributed by atoms with E-state index in [0.717, 1.165) is 11.3 Å². The van der Waals surface area contributed by atoms with Crippen LogP contribution in [0, 0.1) is 12.3 Å². The van der Waals surface area contributed by atoms with E-state index in [1.165, 1.54) is 6.08 Å². The molecule has 1 N–H and O–H groups in total. The number of H-pyrrole nitrogens is 1. The number of nitrogens with one attached hydrogen (secondary N) is 1. The second-order valence-corrected chi connectivity index (χ2v) is 5.60. The van der Waals surface area contributed by atoms with Crippen LogP contribution in [0.4, 0.5) is 0 Å². The molecule has 1 aromatic heterocycles. The monoisotopic (exact) mass is 337 g/mol. The van der Waals surface area contributed by atoms with Crippen LogP contribution in [0.15, 0.2) is 42.9 Å². The first kappa shape index (κ1) is 16.8. The molecule has 3 rings (SSSR count). The van der Waals surface area contributed by atoms with Crippen LogP contribution in [0.2, 0.25) is 0 Å². The van der Waals surface area contributed by atoms with Gasteiger partial charge in [0.1, 0.15) is 18.5 Å². The Balaban J connectivity index is 1.52. The molecule has 128 valence electrons. The quantitative estimate of drug-likeness (QED) is 0.666. The third kappa shape index (κ3) is 4.72. The predicted octanol–water partition coefficient (Wildman–Crippen LogP) is 1.71. The number of amides is 1. The molecular formula is C19H19N3O3. The standard InChI is InChI=1S/C19H19N3O3/c1-2-15-4-3-5-17(10-15)25-13-18-12-22(8-9-24-18)19(23)7-6-16-11-20-14-21-16/h1,3-7,10-11,14,18H,8-9,12-13H2,(H,20,21). The molecule has 25 heavy (non-hydrogen) atoms. The number of ether oxygens (including phenoxy) is 2. The number of carbonyl (C=O) groups excluding carboxylic acids is 1. The summed E-state index contributed by atoms with van der Waals surface area (Å²) in [6.45, 7) is 1.90. The molecule has 1 aliphatic rings. The van der Waals surface area contributed by atoms with Crippen molar-refractivity contribution in [3.8, 4) is 18.1 Å². The van der Waals surface area contributed by atoms with Crippen LogP contribution in [-0.4, -0.2) is 53.2 Å². The Labute approximate surface area is 146 Å². The van der Waals surface area contributed by atoms with E-state index in [9.17, 15) is 4.79 Å². The van der Waals surface area contributed by atoms with Crippen LogP contribution in [0.3, 0.4) is 0 Å². The van der Waals surface area contributed by atoms with Gasteiger partial charge in [0.25, 0.3) is 0 Å². The van der Waals surface area contributed by atoms with E-state index in [1.54, 1.807) is 29.6 Å². The maximum Gasteiger partial charge on any atom is 0.246 e. The lowest BCUT2D eigenvalue weighted by Crippen LogP contribution is -2.47. The van der Waals surface area contributed by atoms with E-state index in [-0.39, 0.29) is 12.0 Å². The number of imidazole rings is 1. The molecular weight excluding hydrogens is 318 g/mol. The van der Waals surface area contributed by atoms with E-state index < -0.39 is 0 Å². The number of aromatic nitrogens is 2. The summed E-state index contributed by atoms with van der Waals surface area (Å²) in [6, 6.07) is 7.34. The van der Waals surface area contributed by atoms with Gasteiger partial charge in [-0.15, -0.1) is 6.42 Å². The summed E-state index contributed by atoms with van der Waals surface area (Å²) in [5.74, 6) is 3.21. The van der Waals surface area contributed by atoms with Crippen molar-refractivity contribution in [2.45, 2.75) is 6.10 Å². The summed E-state index contributed by atoms with van der Waals surface area (Å²) in [7, 11) is 0. The zero-order valence-electron chi connectivity index (χ0n) is 13.7. The number of rotatable bonds is 5. The molecule has 6 nitrogen and oxygen atoms in total. The Bertz CT molecular complexity index is 777. The van der Waals surface area contributed by atoms with Crippen molar-refractivity contribution in [2.75, 3.05) is 26.3 Å². The van der Waals surface area contributed by atoms with Gasteiger partial charge in [-0.3, -0.25) is 4.79 Å². The highest BCUT2D eigenvalue weighted by atomic mass is 16.5. The third-order valence-corrected chi connectivity index (χ3v) is 3.81. The summed E-state index contributed by atoms with van der Waals surface area (Å²) in [5.41, 5.74) is 1.55. The van der Waals surface area contributed by atoms with Gasteiger partial charge >= 0.3 is 0 Å². The van der Waals surface area contributed by atoms with Crippen LogP contribution < -0.4 is 4.74 Å². The molecule has 1 atom stereocenters. The fraction of sp³-hybridized carbons (Fsp3) is 0.263. The molecule has 0 bridgehead atoms. The van der Waals surface area contributed by atoms with Gasteiger partial charge in [-0.05, 0) is 24.3 Å². The second-order valence-electron chi connectivity index (χ2n) is 5.60. The number of carbonyl (C=O) groups is 1. The normalized spacial score (nSPS) is 17.4. The SMILES string of the molecule is C#Cc1cccc(OCC2CN(C(=O)C=Cc3cnc[nH]3)CCO2)c1. The molecule has 2 aromatic rings. The Morgan fingerprint density at radius 2 is 2.48 bits per heavy atom. The highest BCUT2D eigenvalue weighted by molar-refractivity contribution is 5.91. The predicted molar refractivity (Wildman–Crippen MR) is 93.8 cm³/mol. The number of terminal acetylenes is 1.